The number of aliphatic carboxylic acids is 1. The number of benzene rings is 1. The minimum atomic E-state index is -0.738. The summed E-state index contributed by atoms with van der Waals surface area (Å²) >= 11 is 0. The van der Waals surface area contributed by atoms with Gasteiger partial charge < -0.3 is 10.0 Å². The van der Waals surface area contributed by atoms with Gasteiger partial charge in [0, 0.05) is 18.8 Å². The van der Waals surface area contributed by atoms with Gasteiger partial charge in [-0.25, -0.2) is 0 Å². The summed E-state index contributed by atoms with van der Waals surface area (Å²) in [7, 11) is 0. The van der Waals surface area contributed by atoms with Crippen LogP contribution in [-0.2, 0) is 11.2 Å². The summed E-state index contributed by atoms with van der Waals surface area (Å²) in [5.41, 5.74) is 2.43. The van der Waals surface area contributed by atoms with E-state index in [-0.39, 0.29) is 5.92 Å². The van der Waals surface area contributed by atoms with Crippen molar-refractivity contribution in [3.8, 4) is 0 Å². The molecule has 0 spiro atoms. The number of carbonyl (C=O) groups is 1. The van der Waals surface area contributed by atoms with E-state index in [0.717, 1.165) is 18.7 Å². The maximum atomic E-state index is 10.9. The van der Waals surface area contributed by atoms with Crippen molar-refractivity contribution >= 4 is 11.7 Å². The monoisotopic (exact) mass is 235 g/mol. The van der Waals surface area contributed by atoms with E-state index in [1.807, 2.05) is 12.1 Å². The molecule has 1 atom stereocenters. The third-order valence-corrected chi connectivity index (χ3v) is 3.01. The minimum Gasteiger partial charge on any atom is -0.481 e. The Hall–Kier alpha value is -1.51. The van der Waals surface area contributed by atoms with Crippen LogP contribution in [0.25, 0.3) is 0 Å². The first-order valence-electron chi connectivity index (χ1n) is 6.15. The largest absolute Gasteiger partial charge is 0.481 e. The molecule has 1 N–H and O–H groups in total. The predicted octanol–water partition coefficient (Wildman–Crippen LogP) is 2.80. The van der Waals surface area contributed by atoms with E-state index in [4.69, 9.17) is 5.11 Å². The van der Waals surface area contributed by atoms with Gasteiger partial charge in [0.25, 0.3) is 0 Å². The number of para-hydroxylation sites is 1. The highest BCUT2D eigenvalue weighted by Crippen LogP contribution is 2.21. The summed E-state index contributed by atoms with van der Waals surface area (Å²) in [6.45, 7) is 7.31. The molecule has 3 nitrogen and oxygen atoms in total. The molecule has 0 aliphatic heterocycles. The Bertz CT molecular complexity index is 376. The molecule has 94 valence electrons. The average Bonchev–Trinajstić information content (AvgIpc) is 2.35. The van der Waals surface area contributed by atoms with E-state index in [1.54, 1.807) is 6.92 Å². The van der Waals surface area contributed by atoms with Crippen molar-refractivity contribution in [2.75, 3.05) is 18.0 Å². The Balaban J connectivity index is 2.89. The zero-order valence-electron chi connectivity index (χ0n) is 10.8. The lowest BCUT2D eigenvalue weighted by molar-refractivity contribution is -0.140. The van der Waals surface area contributed by atoms with E-state index in [9.17, 15) is 4.79 Å². The smallest absolute Gasteiger partial charge is 0.308 e. The van der Waals surface area contributed by atoms with Crippen molar-refractivity contribution < 1.29 is 9.90 Å². The summed E-state index contributed by atoms with van der Waals surface area (Å²) in [5.74, 6) is -1.09. The van der Waals surface area contributed by atoms with Gasteiger partial charge in [0.15, 0.2) is 0 Å². The van der Waals surface area contributed by atoms with Gasteiger partial charge in [-0.15, -0.1) is 0 Å². The highest BCUT2D eigenvalue weighted by atomic mass is 16.4. The number of carboxylic acids is 1. The van der Waals surface area contributed by atoms with Gasteiger partial charge >= 0.3 is 5.97 Å². The van der Waals surface area contributed by atoms with Crippen LogP contribution in [0.1, 0.15) is 26.3 Å². The molecule has 0 aromatic heterocycles. The van der Waals surface area contributed by atoms with E-state index < -0.39 is 5.97 Å². The number of rotatable bonds is 6. The van der Waals surface area contributed by atoms with Gasteiger partial charge in [0.2, 0.25) is 0 Å². The number of hydrogen-bond acceptors (Lipinski definition) is 2. The molecule has 0 aliphatic carbocycles. The Kier molecular flexibility index (Phi) is 5.01. The number of anilines is 1. The zero-order chi connectivity index (χ0) is 12.8. The zero-order valence-corrected chi connectivity index (χ0v) is 10.8. The molecule has 1 rings (SSSR count). The van der Waals surface area contributed by atoms with Crippen LogP contribution in [0.4, 0.5) is 5.69 Å². The molecule has 0 fully saturated rings. The Labute approximate surface area is 103 Å². The SMILES string of the molecule is CCc1ccccc1N(CC)CC(C)C(=O)O. The first-order valence-corrected chi connectivity index (χ1v) is 6.15. The quantitative estimate of drug-likeness (QED) is 0.824. The number of carboxylic acid groups (broad SMARTS) is 1. The molecule has 1 unspecified atom stereocenters. The van der Waals surface area contributed by atoms with E-state index in [0.29, 0.717) is 6.54 Å². The topological polar surface area (TPSA) is 40.5 Å². The fourth-order valence-electron chi connectivity index (χ4n) is 1.92. The van der Waals surface area contributed by atoms with Crippen LogP contribution in [0.5, 0.6) is 0 Å². The summed E-state index contributed by atoms with van der Waals surface area (Å²) in [4.78, 5) is 13.0. The molecule has 0 amide bonds. The lowest BCUT2D eigenvalue weighted by Gasteiger charge is -2.27. The average molecular weight is 235 g/mol. The van der Waals surface area contributed by atoms with Gasteiger partial charge in [-0.2, -0.15) is 0 Å². The highest BCUT2D eigenvalue weighted by Gasteiger charge is 2.16. The van der Waals surface area contributed by atoms with Gasteiger partial charge in [-0.05, 0) is 25.0 Å². The first kappa shape index (κ1) is 13.6. The number of aryl methyl sites for hydroxylation is 1. The molecule has 1 aromatic carbocycles. The second-order valence-electron chi connectivity index (χ2n) is 4.26. The third kappa shape index (κ3) is 3.48. The molecule has 0 heterocycles. The fraction of sp³-hybridized carbons (Fsp3) is 0.500. The second kappa shape index (κ2) is 6.28. The fourth-order valence-corrected chi connectivity index (χ4v) is 1.92. The van der Waals surface area contributed by atoms with Crippen molar-refractivity contribution in [1.29, 1.82) is 0 Å². The normalized spacial score (nSPS) is 12.2. The van der Waals surface area contributed by atoms with Crippen LogP contribution in [0.3, 0.4) is 0 Å². The summed E-state index contributed by atoms with van der Waals surface area (Å²) < 4.78 is 0. The Morgan fingerprint density at radius 1 is 1.35 bits per heavy atom. The van der Waals surface area contributed by atoms with Gasteiger partial charge in [-0.1, -0.05) is 32.0 Å². The molecule has 17 heavy (non-hydrogen) atoms. The number of nitrogens with zero attached hydrogens (tertiary/aromatic N) is 1. The van der Waals surface area contributed by atoms with Crippen LogP contribution >= 0.6 is 0 Å². The summed E-state index contributed by atoms with van der Waals surface area (Å²) in [5, 5.41) is 8.97. The van der Waals surface area contributed by atoms with Gasteiger partial charge in [0.05, 0.1) is 5.92 Å². The van der Waals surface area contributed by atoms with Crippen molar-refractivity contribution in [2.24, 2.45) is 5.92 Å². The van der Waals surface area contributed by atoms with Crippen LogP contribution in [0, 0.1) is 5.92 Å². The molecule has 1 aromatic rings. The predicted molar refractivity (Wildman–Crippen MR) is 70.5 cm³/mol. The standard InChI is InChI=1S/C14H21NO2/c1-4-12-8-6-7-9-13(12)15(5-2)10-11(3)14(16)17/h6-9,11H,4-5,10H2,1-3H3,(H,16,17). The Morgan fingerprint density at radius 2 is 2.00 bits per heavy atom. The third-order valence-electron chi connectivity index (χ3n) is 3.01. The molecule has 0 aliphatic rings. The molecular formula is C14H21NO2. The van der Waals surface area contributed by atoms with E-state index >= 15 is 0 Å². The van der Waals surface area contributed by atoms with Crippen LogP contribution < -0.4 is 4.90 Å². The van der Waals surface area contributed by atoms with Gasteiger partial charge in [-0.3, -0.25) is 4.79 Å². The molecule has 0 saturated carbocycles. The van der Waals surface area contributed by atoms with Crippen LogP contribution in [0.15, 0.2) is 24.3 Å². The van der Waals surface area contributed by atoms with Crippen LogP contribution in [0.2, 0.25) is 0 Å². The van der Waals surface area contributed by atoms with Crippen molar-refractivity contribution in [1.82, 2.24) is 0 Å². The van der Waals surface area contributed by atoms with E-state index in [1.165, 1.54) is 5.56 Å². The highest BCUT2D eigenvalue weighted by molar-refractivity contribution is 5.70. The molecule has 3 heteroatoms. The lowest BCUT2D eigenvalue weighted by Crippen LogP contribution is -2.32. The summed E-state index contributed by atoms with van der Waals surface area (Å²) in [6, 6.07) is 8.19. The van der Waals surface area contributed by atoms with Crippen LogP contribution in [-0.4, -0.2) is 24.2 Å². The summed E-state index contributed by atoms with van der Waals surface area (Å²) in [6.07, 6.45) is 0.966. The molecule has 0 radical (unpaired) electrons. The minimum absolute atomic E-state index is 0.347. The van der Waals surface area contributed by atoms with Gasteiger partial charge in [0.1, 0.15) is 0 Å². The molecule has 0 saturated heterocycles. The van der Waals surface area contributed by atoms with E-state index in [2.05, 4.69) is 30.9 Å². The van der Waals surface area contributed by atoms with Crippen molar-refractivity contribution in [2.45, 2.75) is 27.2 Å². The first-order chi connectivity index (χ1) is 8.10. The molecular weight excluding hydrogens is 214 g/mol. The number of hydrogen-bond donors (Lipinski definition) is 1. The van der Waals surface area contributed by atoms with Crippen molar-refractivity contribution in [3.63, 3.8) is 0 Å². The maximum absolute atomic E-state index is 10.9. The second-order valence-corrected chi connectivity index (χ2v) is 4.26. The molecule has 0 bridgehead atoms. The maximum Gasteiger partial charge on any atom is 0.308 e. The lowest BCUT2D eigenvalue weighted by atomic mass is 10.1. The van der Waals surface area contributed by atoms with Crippen molar-refractivity contribution in [3.05, 3.63) is 29.8 Å². The Morgan fingerprint density at radius 3 is 2.53 bits per heavy atom.